The lowest BCUT2D eigenvalue weighted by molar-refractivity contribution is -0.128. The van der Waals surface area contributed by atoms with E-state index in [-0.39, 0.29) is 17.3 Å². The molecule has 6 atom stereocenters. The Kier molecular flexibility index (Phi) is 29.2. The summed E-state index contributed by atoms with van der Waals surface area (Å²) in [6.07, 6.45) is 21.5. The van der Waals surface area contributed by atoms with Crippen LogP contribution in [-0.4, -0.2) is 75.7 Å². The van der Waals surface area contributed by atoms with E-state index in [1.807, 2.05) is 162 Å². The molecule has 0 spiro atoms. The second-order valence-corrected chi connectivity index (χ2v) is 27.7. The van der Waals surface area contributed by atoms with Gasteiger partial charge in [-0.3, -0.25) is 34.1 Å². The lowest BCUT2D eigenvalue weighted by Gasteiger charge is -2.37. The van der Waals surface area contributed by atoms with E-state index in [1.165, 1.54) is 16.7 Å². The molecule has 6 aromatic rings. The number of methoxy groups -OCH3 is 2. The van der Waals surface area contributed by atoms with Crippen molar-refractivity contribution in [1.82, 2.24) is 16.0 Å². The third-order valence-corrected chi connectivity index (χ3v) is 20.9. The number of Topliss-reactive ketones (excluding diaryl/α,β-unsaturated/α-hetero) is 6. The van der Waals surface area contributed by atoms with Crippen molar-refractivity contribution < 1.29 is 38.2 Å². The van der Waals surface area contributed by atoms with Crippen molar-refractivity contribution in [3.63, 3.8) is 0 Å². The van der Waals surface area contributed by atoms with Crippen LogP contribution < -0.4 is 37.9 Å². The number of aryl methyl sites for hydroxylation is 4. The van der Waals surface area contributed by atoms with Crippen molar-refractivity contribution in [2.24, 2.45) is 17.2 Å². The summed E-state index contributed by atoms with van der Waals surface area (Å²) in [6, 6.07) is 50.3. The van der Waals surface area contributed by atoms with Gasteiger partial charge in [0.25, 0.3) is 0 Å². The number of ether oxygens (including phenoxy) is 2. The summed E-state index contributed by atoms with van der Waals surface area (Å²) in [5.41, 5.74) is 26.1. The number of hydrogen-bond donors (Lipinski definition) is 6. The van der Waals surface area contributed by atoms with Crippen LogP contribution in [0.1, 0.15) is 217 Å². The Morgan fingerprint density at radius 1 is 0.361 bits per heavy atom. The van der Waals surface area contributed by atoms with Crippen LogP contribution in [0, 0.1) is 27.7 Å². The molecule has 14 heteroatoms. The van der Waals surface area contributed by atoms with E-state index in [4.69, 9.17) is 26.7 Å². The van der Waals surface area contributed by atoms with Gasteiger partial charge in [-0.25, -0.2) is 0 Å². The van der Waals surface area contributed by atoms with E-state index in [2.05, 4.69) is 47.1 Å². The molecule has 0 amide bonds. The van der Waals surface area contributed by atoms with Crippen molar-refractivity contribution in [2.75, 3.05) is 41.0 Å². The predicted molar refractivity (Wildman–Crippen MR) is 390 cm³/mol. The number of carbonyl (C=O) groups is 6. The van der Waals surface area contributed by atoms with Crippen LogP contribution in [0.5, 0.6) is 5.75 Å². The van der Waals surface area contributed by atoms with Gasteiger partial charge in [0, 0.05) is 52.2 Å². The minimum Gasteiger partial charge on any atom is -0.497 e. The highest BCUT2D eigenvalue weighted by molar-refractivity contribution is 5.93. The van der Waals surface area contributed by atoms with Crippen molar-refractivity contribution in [1.29, 1.82) is 0 Å². The van der Waals surface area contributed by atoms with E-state index in [9.17, 15) is 28.8 Å². The second-order valence-electron chi connectivity index (χ2n) is 27.7. The second kappa shape index (κ2) is 36.6. The Morgan fingerprint density at radius 3 is 1.11 bits per heavy atom. The van der Waals surface area contributed by atoms with Crippen LogP contribution in [0.4, 0.5) is 0 Å². The van der Waals surface area contributed by atoms with Gasteiger partial charge in [0.05, 0.1) is 13.7 Å². The molecule has 9 N–H and O–H groups in total. The number of ketones is 6. The van der Waals surface area contributed by atoms with Crippen LogP contribution in [0.15, 0.2) is 152 Å². The maximum absolute atomic E-state index is 12.4. The quantitative estimate of drug-likeness (QED) is 0.0557. The molecule has 0 radical (unpaired) electrons. The van der Waals surface area contributed by atoms with Gasteiger partial charge in [0.15, 0.2) is 34.7 Å². The average Bonchev–Trinajstić information content (AvgIpc) is 0.867. The third-order valence-electron chi connectivity index (χ3n) is 20.9. The largest absolute Gasteiger partial charge is 0.497 e. The highest BCUT2D eigenvalue weighted by atomic mass is 16.5. The summed E-state index contributed by atoms with van der Waals surface area (Å²) < 4.78 is 10.3. The number of carbonyl (C=O) groups excluding carboxylic acids is 6. The number of nitrogens with one attached hydrogen (secondary N) is 3. The fourth-order valence-electron chi connectivity index (χ4n) is 14.8. The smallest absolute Gasteiger partial charge is 0.157 e. The lowest BCUT2D eigenvalue weighted by Crippen LogP contribution is -2.51. The Labute approximate surface area is 579 Å². The highest BCUT2D eigenvalue weighted by Gasteiger charge is 2.44. The average molecular weight is 1320 g/mol. The van der Waals surface area contributed by atoms with Gasteiger partial charge in [-0.15, -0.1) is 0 Å². The molecule has 6 aliphatic rings. The Bertz CT molecular complexity index is 3440. The Hall–Kier alpha value is -7.14. The van der Waals surface area contributed by atoms with Crippen LogP contribution in [0.3, 0.4) is 0 Å². The molecule has 0 saturated heterocycles. The zero-order valence-electron chi connectivity index (χ0n) is 59.5. The SMILES string of the molecule is CCNC1(c2cccc(OC)c2)CCCCC1=O.CNC1(c2ccc(C)cc2)CCCCC1=O.COCCNC1(c2ccccc2)CCCCC1=O.Cc1ccc(C2(N)CCCCC2=O)cc1.Cc1ccc(C2(N)CCCCC2=O)cc1.Cc1cccc(C2(N)CCCCC2=O)c1. The number of likely N-dealkylation sites (N-methyl/N-ethyl adjacent to an activating group) is 2. The summed E-state index contributed by atoms with van der Waals surface area (Å²) in [6.45, 7) is 12.3. The monoisotopic (exact) mass is 1320 g/mol. The molecule has 6 aliphatic carbocycles. The fraction of sp³-hybridized carbons (Fsp3) is 0.494. The molecular weight excluding hydrogens is 1210 g/mol. The van der Waals surface area contributed by atoms with Gasteiger partial charge in [-0.05, 0) is 164 Å². The minimum absolute atomic E-state index is 0.192. The predicted octanol–water partition coefficient (Wildman–Crippen LogP) is 14.3. The van der Waals surface area contributed by atoms with Gasteiger partial charge in [-0.1, -0.05) is 207 Å². The first-order valence-corrected chi connectivity index (χ1v) is 35.8. The molecular formula is C83H112N6O8. The molecule has 0 aliphatic heterocycles. The van der Waals surface area contributed by atoms with Crippen LogP contribution in [0.2, 0.25) is 0 Å². The van der Waals surface area contributed by atoms with E-state index < -0.39 is 33.2 Å². The molecule has 0 heterocycles. The van der Waals surface area contributed by atoms with Crippen molar-refractivity contribution in [3.8, 4) is 5.75 Å². The Balaban J connectivity index is 0.000000164. The van der Waals surface area contributed by atoms with Crippen LogP contribution in [-0.2, 0) is 66.7 Å². The van der Waals surface area contributed by atoms with E-state index >= 15 is 0 Å². The summed E-state index contributed by atoms with van der Waals surface area (Å²) in [5, 5.41) is 10.1. The molecule has 0 aromatic heterocycles. The van der Waals surface area contributed by atoms with E-state index in [0.717, 1.165) is 167 Å². The zero-order chi connectivity index (χ0) is 70.1. The van der Waals surface area contributed by atoms with Gasteiger partial charge < -0.3 is 37.3 Å². The molecule has 6 fully saturated rings. The summed E-state index contributed by atoms with van der Waals surface area (Å²) in [4.78, 5) is 72.6. The van der Waals surface area contributed by atoms with Crippen molar-refractivity contribution in [3.05, 3.63) is 207 Å². The highest BCUT2D eigenvalue weighted by Crippen LogP contribution is 2.39. The fourth-order valence-corrected chi connectivity index (χ4v) is 14.8. The normalized spacial score (nSPS) is 25.6. The lowest BCUT2D eigenvalue weighted by atomic mass is 9.75. The number of hydrogen-bond acceptors (Lipinski definition) is 14. The van der Waals surface area contributed by atoms with Gasteiger partial charge in [0.1, 0.15) is 39.0 Å². The topological polar surface area (TPSA) is 235 Å². The molecule has 6 unspecified atom stereocenters. The van der Waals surface area contributed by atoms with Gasteiger partial charge >= 0.3 is 0 Å². The standard InChI is InChI=1S/2C15H21NO2.C14H19NO.3C13H17NO/c1-18-12-11-16-15(10-6-5-9-14(15)17)13-7-3-2-4-8-13;1-3-16-15(10-5-4-9-14(15)17)12-7-6-8-13(11-12)18-2;1-11-6-8-12(9-7-11)14(15-2)10-4-3-5-13(14)16;1-10-5-4-6-11(9-10)13(14)8-3-2-7-12(13)15;2*1-10-5-7-11(8-6-10)13(14)9-3-2-4-12(13)15/h2-4,7-8,16H,5-6,9-12H2,1H3;6-8,11,16H,3-5,9-10H2,1-2H3;6-9,15H,3-5,10H2,1-2H3;4-6,9H,2-3,7-8,14H2,1H3;2*5-8H,2-4,9,14H2,1H3. The molecule has 522 valence electrons. The maximum Gasteiger partial charge on any atom is 0.157 e. The maximum atomic E-state index is 12.4. The molecule has 0 bridgehead atoms. The number of nitrogens with two attached hydrogens (primary N) is 3. The van der Waals surface area contributed by atoms with Gasteiger partial charge in [-0.2, -0.15) is 0 Å². The van der Waals surface area contributed by atoms with E-state index in [0.29, 0.717) is 69.0 Å². The first-order valence-electron chi connectivity index (χ1n) is 35.8. The molecule has 6 aromatic carbocycles. The first kappa shape index (κ1) is 77.2. The number of benzene rings is 6. The van der Waals surface area contributed by atoms with Crippen molar-refractivity contribution >= 4 is 34.7 Å². The van der Waals surface area contributed by atoms with Crippen LogP contribution in [0.25, 0.3) is 0 Å². The number of rotatable bonds is 14. The molecule has 14 nitrogen and oxygen atoms in total. The Morgan fingerprint density at radius 2 is 0.722 bits per heavy atom. The molecule has 12 rings (SSSR count). The summed E-state index contributed by atoms with van der Waals surface area (Å²) in [5.74, 6) is 2.35. The van der Waals surface area contributed by atoms with Gasteiger partial charge in [0.2, 0.25) is 0 Å². The zero-order valence-corrected chi connectivity index (χ0v) is 59.5. The van der Waals surface area contributed by atoms with Crippen LogP contribution >= 0.6 is 0 Å². The van der Waals surface area contributed by atoms with Crippen molar-refractivity contribution in [2.45, 2.75) is 222 Å². The van der Waals surface area contributed by atoms with E-state index in [1.54, 1.807) is 14.2 Å². The third kappa shape index (κ3) is 19.4. The first-order chi connectivity index (χ1) is 46.6. The summed E-state index contributed by atoms with van der Waals surface area (Å²) >= 11 is 0. The molecule has 97 heavy (non-hydrogen) atoms. The summed E-state index contributed by atoms with van der Waals surface area (Å²) in [7, 11) is 5.23. The molecule has 6 saturated carbocycles. The minimum atomic E-state index is -0.718.